The summed E-state index contributed by atoms with van der Waals surface area (Å²) in [5, 5.41) is 18.6. The molecular formula is C27H37N7O2. The Hall–Kier alpha value is -3.22. The molecule has 0 radical (unpaired) electrons. The topological polar surface area (TPSA) is 115 Å². The fourth-order valence-electron chi connectivity index (χ4n) is 5.11. The number of nitrogens with one attached hydrogen (secondary N) is 3. The molecule has 0 unspecified atom stereocenters. The van der Waals surface area contributed by atoms with E-state index in [9.17, 15) is 9.59 Å². The molecule has 2 aromatic rings. The number of carbonyl (C=O) groups is 2. The number of carbonyl (C=O) groups excluding carboxylic acids is 2. The third-order valence-corrected chi connectivity index (χ3v) is 7.15. The van der Waals surface area contributed by atoms with Gasteiger partial charge in [-0.3, -0.25) is 14.5 Å². The van der Waals surface area contributed by atoms with Gasteiger partial charge in [-0.05, 0) is 30.5 Å². The molecule has 0 spiro atoms. The highest BCUT2D eigenvalue weighted by molar-refractivity contribution is 5.79. The summed E-state index contributed by atoms with van der Waals surface area (Å²) in [6, 6.07) is 9.98. The second kappa shape index (κ2) is 13.2. The van der Waals surface area contributed by atoms with Gasteiger partial charge in [0, 0.05) is 69.5 Å². The van der Waals surface area contributed by atoms with Crippen molar-refractivity contribution in [2.24, 2.45) is 0 Å². The number of piperazine rings is 1. The molecule has 9 nitrogen and oxygen atoms in total. The number of nitrogens with zero attached hydrogens (tertiary/aromatic N) is 4. The van der Waals surface area contributed by atoms with Crippen LogP contribution in [0.1, 0.15) is 55.3 Å². The Bertz CT molecular complexity index is 1040. The number of aromatic nitrogens is 2. The largest absolute Gasteiger partial charge is 0.356 e. The van der Waals surface area contributed by atoms with Crippen molar-refractivity contribution in [1.82, 2.24) is 30.4 Å². The van der Waals surface area contributed by atoms with Crippen LogP contribution in [0.4, 0.5) is 0 Å². The average Bonchev–Trinajstić information content (AvgIpc) is 3.33. The zero-order valence-corrected chi connectivity index (χ0v) is 20.9. The molecule has 1 aromatic carbocycles. The van der Waals surface area contributed by atoms with Crippen LogP contribution in [-0.4, -0.2) is 71.1 Å². The minimum Gasteiger partial charge on any atom is -0.356 e. The minimum absolute atomic E-state index is 0.000420. The van der Waals surface area contributed by atoms with Crippen LogP contribution in [0.15, 0.2) is 36.8 Å². The summed E-state index contributed by atoms with van der Waals surface area (Å²) in [7, 11) is 0. The number of hydrogen-bond donors (Lipinski definition) is 3. The van der Waals surface area contributed by atoms with Crippen LogP contribution in [-0.2, 0) is 22.6 Å². The standard InChI is InChI=1S/C27H37N7O2/c28-15-21-6-8-22(9-7-21)18-34-20-30-16-24(34)10-11-31-26(35)14-25-17-29-12-13-33(25)19-27(36)32-23-4-2-1-3-5-23/h6-9,16,20,23,25,29H,1-5,10-14,17-19H2,(H,31,35)(H,32,36)/t25-/m1/s1. The van der Waals surface area contributed by atoms with Crippen LogP contribution >= 0.6 is 0 Å². The Morgan fingerprint density at radius 3 is 2.72 bits per heavy atom. The van der Waals surface area contributed by atoms with E-state index in [2.05, 4.69) is 36.5 Å². The van der Waals surface area contributed by atoms with Gasteiger partial charge in [0.2, 0.25) is 11.8 Å². The fourth-order valence-corrected chi connectivity index (χ4v) is 5.11. The van der Waals surface area contributed by atoms with Crippen molar-refractivity contribution in [3.05, 3.63) is 53.6 Å². The Morgan fingerprint density at radius 2 is 1.94 bits per heavy atom. The van der Waals surface area contributed by atoms with Crippen molar-refractivity contribution < 1.29 is 9.59 Å². The molecule has 1 aliphatic heterocycles. The zero-order chi connectivity index (χ0) is 25.2. The molecule has 3 N–H and O–H groups in total. The van der Waals surface area contributed by atoms with E-state index in [1.165, 1.54) is 19.3 Å². The molecule has 1 saturated carbocycles. The average molecular weight is 492 g/mol. The van der Waals surface area contributed by atoms with E-state index in [-0.39, 0.29) is 17.9 Å². The van der Waals surface area contributed by atoms with Crippen molar-refractivity contribution >= 4 is 11.8 Å². The van der Waals surface area contributed by atoms with Crippen LogP contribution in [0.2, 0.25) is 0 Å². The number of imidazole rings is 1. The number of nitriles is 1. The van der Waals surface area contributed by atoms with Crippen molar-refractivity contribution in [2.75, 3.05) is 32.7 Å². The van der Waals surface area contributed by atoms with Crippen LogP contribution in [0, 0.1) is 11.3 Å². The third-order valence-electron chi connectivity index (χ3n) is 7.15. The maximum Gasteiger partial charge on any atom is 0.234 e. The fraction of sp³-hybridized carbons (Fsp3) is 0.556. The van der Waals surface area contributed by atoms with Gasteiger partial charge in [-0.15, -0.1) is 0 Å². The van der Waals surface area contributed by atoms with E-state index in [0.29, 0.717) is 50.6 Å². The van der Waals surface area contributed by atoms with E-state index in [4.69, 9.17) is 5.26 Å². The number of rotatable bonds is 10. The summed E-state index contributed by atoms with van der Waals surface area (Å²) in [5.74, 6) is 0.0734. The molecule has 0 bridgehead atoms. The second-order valence-corrected chi connectivity index (χ2v) is 9.86. The second-order valence-electron chi connectivity index (χ2n) is 9.86. The molecule has 192 valence electrons. The first-order valence-electron chi connectivity index (χ1n) is 13.1. The summed E-state index contributed by atoms with van der Waals surface area (Å²) in [5.41, 5.74) is 2.78. The molecule has 2 heterocycles. The van der Waals surface area contributed by atoms with Crippen molar-refractivity contribution in [2.45, 2.75) is 63.6 Å². The first-order valence-corrected chi connectivity index (χ1v) is 13.1. The molecule has 2 amide bonds. The first kappa shape index (κ1) is 25.9. The Balaban J connectivity index is 1.21. The van der Waals surface area contributed by atoms with Crippen molar-refractivity contribution in [1.29, 1.82) is 5.26 Å². The molecular weight excluding hydrogens is 454 g/mol. The summed E-state index contributed by atoms with van der Waals surface area (Å²) >= 11 is 0. The lowest BCUT2D eigenvalue weighted by Gasteiger charge is -2.36. The van der Waals surface area contributed by atoms with Gasteiger partial charge >= 0.3 is 0 Å². The molecule has 1 atom stereocenters. The van der Waals surface area contributed by atoms with Gasteiger partial charge in [-0.1, -0.05) is 31.4 Å². The van der Waals surface area contributed by atoms with Crippen molar-refractivity contribution in [3.63, 3.8) is 0 Å². The predicted octanol–water partition coefficient (Wildman–Crippen LogP) is 1.57. The molecule has 36 heavy (non-hydrogen) atoms. The summed E-state index contributed by atoms with van der Waals surface area (Å²) < 4.78 is 2.06. The van der Waals surface area contributed by atoms with Gasteiger partial charge in [0.05, 0.1) is 24.5 Å². The first-order chi connectivity index (χ1) is 17.6. The summed E-state index contributed by atoms with van der Waals surface area (Å²) in [4.78, 5) is 31.7. The van der Waals surface area contributed by atoms with Gasteiger partial charge in [-0.25, -0.2) is 4.98 Å². The molecule has 4 rings (SSSR count). The quantitative estimate of drug-likeness (QED) is 0.465. The van der Waals surface area contributed by atoms with E-state index >= 15 is 0 Å². The lowest BCUT2D eigenvalue weighted by Crippen LogP contribution is -2.56. The van der Waals surface area contributed by atoms with E-state index in [1.807, 2.05) is 30.5 Å². The van der Waals surface area contributed by atoms with Crippen LogP contribution in [0.25, 0.3) is 0 Å². The van der Waals surface area contributed by atoms with Gasteiger partial charge in [-0.2, -0.15) is 5.26 Å². The van der Waals surface area contributed by atoms with E-state index in [1.54, 1.807) is 6.33 Å². The maximum atomic E-state index is 12.7. The smallest absolute Gasteiger partial charge is 0.234 e. The number of amides is 2. The highest BCUT2D eigenvalue weighted by Gasteiger charge is 2.27. The third kappa shape index (κ3) is 7.64. The van der Waals surface area contributed by atoms with Crippen LogP contribution in [0.3, 0.4) is 0 Å². The van der Waals surface area contributed by atoms with Crippen LogP contribution in [0.5, 0.6) is 0 Å². The van der Waals surface area contributed by atoms with Gasteiger partial charge in [0.15, 0.2) is 0 Å². The van der Waals surface area contributed by atoms with Gasteiger partial charge in [0.1, 0.15) is 0 Å². The SMILES string of the molecule is N#Cc1ccc(Cn2cncc2CCNC(=O)C[C@@H]2CNCCN2CC(=O)NC2CCCCC2)cc1. The lowest BCUT2D eigenvalue weighted by atomic mass is 9.95. The predicted molar refractivity (Wildman–Crippen MR) is 137 cm³/mol. The highest BCUT2D eigenvalue weighted by Crippen LogP contribution is 2.17. The minimum atomic E-state index is -0.000420. The van der Waals surface area contributed by atoms with E-state index < -0.39 is 0 Å². The molecule has 9 heteroatoms. The Morgan fingerprint density at radius 1 is 1.14 bits per heavy atom. The molecule has 1 aliphatic carbocycles. The molecule has 2 aliphatic rings. The molecule has 1 saturated heterocycles. The van der Waals surface area contributed by atoms with Crippen LogP contribution < -0.4 is 16.0 Å². The Kier molecular flexibility index (Phi) is 9.47. The number of benzene rings is 1. The number of hydrogen-bond acceptors (Lipinski definition) is 6. The summed E-state index contributed by atoms with van der Waals surface area (Å²) in [6.07, 6.45) is 10.5. The van der Waals surface area contributed by atoms with Gasteiger partial charge in [0.25, 0.3) is 0 Å². The summed E-state index contributed by atoms with van der Waals surface area (Å²) in [6.45, 7) is 3.86. The highest BCUT2D eigenvalue weighted by atomic mass is 16.2. The lowest BCUT2D eigenvalue weighted by molar-refractivity contribution is -0.126. The zero-order valence-electron chi connectivity index (χ0n) is 20.9. The van der Waals surface area contributed by atoms with Gasteiger partial charge < -0.3 is 20.5 Å². The van der Waals surface area contributed by atoms with E-state index in [0.717, 1.165) is 37.2 Å². The maximum absolute atomic E-state index is 12.7. The normalized spacial score (nSPS) is 18.9. The monoisotopic (exact) mass is 491 g/mol. The Labute approximate surface area is 213 Å². The van der Waals surface area contributed by atoms with Crippen molar-refractivity contribution in [3.8, 4) is 6.07 Å². The molecule has 2 fully saturated rings. The molecule has 1 aromatic heterocycles.